The number of rotatable bonds is 11. The van der Waals surface area contributed by atoms with E-state index < -0.39 is 63.0 Å². The fraction of sp³-hybridized carbons (Fsp3) is 0.280. The molecule has 1 fully saturated rings. The molecule has 1 aliphatic rings. The normalized spacial score (nSPS) is 17.3. The fourth-order valence-electron chi connectivity index (χ4n) is 3.32. The minimum atomic E-state index is -1.96. The van der Waals surface area contributed by atoms with Crippen molar-refractivity contribution in [2.45, 2.75) is 21.8 Å². The number of para-hydroxylation sites is 1. The molecular weight excluding hydrogens is 675 g/mol. The van der Waals surface area contributed by atoms with Gasteiger partial charge in [0.2, 0.25) is 3.79 Å². The van der Waals surface area contributed by atoms with Crippen molar-refractivity contribution in [3.05, 3.63) is 77.7 Å². The van der Waals surface area contributed by atoms with E-state index in [1.54, 1.807) is 60.7 Å². The second-order valence-electron chi connectivity index (χ2n) is 8.01. The van der Waals surface area contributed by atoms with Gasteiger partial charge in [0.1, 0.15) is 36.1 Å². The van der Waals surface area contributed by atoms with Gasteiger partial charge in [0.25, 0.3) is 11.8 Å². The average Bonchev–Trinajstić information content (AvgIpc) is 2.94. The summed E-state index contributed by atoms with van der Waals surface area (Å²) in [5, 5.41) is 10.7. The summed E-state index contributed by atoms with van der Waals surface area (Å²) >= 11 is 20.5. The van der Waals surface area contributed by atoms with Crippen molar-refractivity contribution in [2.24, 2.45) is 0 Å². The van der Waals surface area contributed by atoms with Crippen molar-refractivity contribution < 1.29 is 38.5 Å². The molecule has 2 unspecified atom stereocenters. The third-order valence-corrected chi connectivity index (χ3v) is 6.98. The van der Waals surface area contributed by atoms with Crippen LogP contribution in [0.5, 0.6) is 5.75 Å². The molecule has 0 aromatic heterocycles. The van der Waals surface area contributed by atoms with Gasteiger partial charge < -0.3 is 24.6 Å². The van der Waals surface area contributed by atoms with E-state index in [2.05, 4.69) is 21.2 Å². The molecule has 2 amide bonds. The van der Waals surface area contributed by atoms with Gasteiger partial charge in [0.05, 0.1) is 5.33 Å². The lowest BCUT2D eigenvalue weighted by atomic mass is 10.1. The van der Waals surface area contributed by atoms with E-state index >= 15 is 0 Å². The number of esters is 1. The summed E-state index contributed by atoms with van der Waals surface area (Å²) in [6.07, 6.45) is 0. The molecule has 0 spiro atoms. The number of halogens is 4. The number of ether oxygens (including phenoxy) is 3. The number of nitrogens with one attached hydrogen (secondary N) is 1. The Balaban J connectivity index is 1.78. The first-order valence-corrected chi connectivity index (χ1v) is 14.5. The number of allylic oxidation sites excluding steroid dienone is 1. The van der Waals surface area contributed by atoms with Crippen LogP contribution in [0.25, 0.3) is 0 Å². The smallest absolute Gasteiger partial charge is 0.369 e. The van der Waals surface area contributed by atoms with Crippen molar-refractivity contribution in [1.82, 2.24) is 10.2 Å². The zero-order chi connectivity index (χ0) is 29.3. The van der Waals surface area contributed by atoms with Gasteiger partial charge in [-0.1, -0.05) is 99.3 Å². The fourth-order valence-corrected chi connectivity index (χ4v) is 4.71. The summed E-state index contributed by atoms with van der Waals surface area (Å²) in [5.41, 5.74) is 0.115. The van der Waals surface area contributed by atoms with Gasteiger partial charge in [-0.2, -0.15) is 0 Å². The van der Waals surface area contributed by atoms with Crippen LogP contribution < -0.4 is 10.1 Å². The number of β-lactam (4-membered cyclic amide) rings is 1. The van der Waals surface area contributed by atoms with Gasteiger partial charge in [-0.3, -0.25) is 14.5 Å². The Labute approximate surface area is 257 Å². The number of carbonyl (C=O) groups is 4. The Bertz CT molecular complexity index is 1250. The average molecular weight is 697 g/mol. The molecule has 40 heavy (non-hydrogen) atoms. The molecule has 0 bridgehead atoms. The van der Waals surface area contributed by atoms with Crippen LogP contribution in [-0.4, -0.2) is 66.8 Å². The summed E-state index contributed by atoms with van der Waals surface area (Å²) < 4.78 is 13.7. The highest BCUT2D eigenvalue weighted by Gasteiger charge is 2.54. The molecule has 3 rings (SSSR count). The molecule has 0 radical (unpaired) electrons. The second kappa shape index (κ2) is 14.8. The standard InChI is InChI=1S/C25H22BrCl3N2O8S/c26-11-17(32)20(23(35)39-14-25(27,28)29)31-21(34)19(30-18(33)13-37-16-9-5-2-6-10-16)22(31)40-24(36)38-12-15-7-3-1-4-8-15/h1-10,19,22,32H,11-14H2,(H,30,33)/b20-17-. The van der Waals surface area contributed by atoms with Crippen LogP contribution in [0, 0.1) is 0 Å². The van der Waals surface area contributed by atoms with Crippen molar-refractivity contribution in [2.75, 3.05) is 18.5 Å². The van der Waals surface area contributed by atoms with E-state index in [1.807, 2.05) is 0 Å². The van der Waals surface area contributed by atoms with Gasteiger partial charge in [-0.05, 0) is 29.5 Å². The van der Waals surface area contributed by atoms with E-state index in [-0.39, 0.29) is 11.9 Å². The number of amides is 2. The highest BCUT2D eigenvalue weighted by atomic mass is 79.9. The number of nitrogens with zero attached hydrogens (tertiary/aromatic N) is 1. The third-order valence-electron chi connectivity index (χ3n) is 5.09. The van der Waals surface area contributed by atoms with Gasteiger partial charge in [0, 0.05) is 0 Å². The molecule has 10 nitrogen and oxygen atoms in total. The molecule has 2 aromatic rings. The summed E-state index contributed by atoms with van der Waals surface area (Å²) in [6.45, 7) is -1.17. The zero-order valence-electron chi connectivity index (χ0n) is 20.4. The Morgan fingerprint density at radius 1 is 1.02 bits per heavy atom. The van der Waals surface area contributed by atoms with Crippen LogP contribution in [0.2, 0.25) is 0 Å². The van der Waals surface area contributed by atoms with Crippen LogP contribution in [-0.2, 0) is 30.5 Å². The van der Waals surface area contributed by atoms with Gasteiger partial charge >= 0.3 is 11.3 Å². The molecule has 1 aliphatic heterocycles. The van der Waals surface area contributed by atoms with Crippen LogP contribution in [0.4, 0.5) is 4.79 Å². The molecule has 2 atom stereocenters. The Hall–Kier alpha value is -2.64. The predicted octanol–water partition coefficient (Wildman–Crippen LogP) is 4.87. The summed E-state index contributed by atoms with van der Waals surface area (Å²) in [4.78, 5) is 52.1. The first kappa shape index (κ1) is 31.9. The number of hydrogen-bond donors (Lipinski definition) is 2. The SMILES string of the molecule is O=C(COc1ccccc1)NC1C(=O)N(/C(C(=O)OCC(Cl)(Cl)Cl)=C(\O)CBr)C1SC(=O)OCc1ccccc1. The molecule has 2 aromatic carbocycles. The maximum absolute atomic E-state index is 13.2. The number of hydrogen-bond acceptors (Lipinski definition) is 9. The zero-order valence-corrected chi connectivity index (χ0v) is 25.1. The maximum atomic E-state index is 13.2. The molecule has 2 N–H and O–H groups in total. The number of thioether (sulfide) groups is 1. The Morgan fingerprint density at radius 3 is 2.25 bits per heavy atom. The molecule has 1 saturated heterocycles. The summed E-state index contributed by atoms with van der Waals surface area (Å²) in [7, 11) is 0. The topological polar surface area (TPSA) is 131 Å². The molecular formula is C25H22BrCl3N2O8S. The first-order valence-electron chi connectivity index (χ1n) is 11.4. The number of carbonyl (C=O) groups excluding carboxylic acids is 4. The number of aliphatic hydroxyl groups is 1. The predicted molar refractivity (Wildman–Crippen MR) is 153 cm³/mol. The highest BCUT2D eigenvalue weighted by Crippen LogP contribution is 2.37. The largest absolute Gasteiger partial charge is 0.509 e. The lowest BCUT2D eigenvalue weighted by Gasteiger charge is -2.46. The van der Waals surface area contributed by atoms with Gasteiger partial charge in [0.15, 0.2) is 12.3 Å². The minimum absolute atomic E-state index is 0.0596. The van der Waals surface area contributed by atoms with Crippen molar-refractivity contribution in [1.29, 1.82) is 0 Å². The lowest BCUT2D eigenvalue weighted by Crippen LogP contribution is -2.70. The van der Waals surface area contributed by atoms with Gasteiger partial charge in [-0.15, -0.1) is 0 Å². The van der Waals surface area contributed by atoms with Crippen molar-refractivity contribution >= 4 is 85.6 Å². The second-order valence-corrected chi connectivity index (χ2v) is 12.1. The van der Waals surface area contributed by atoms with Crippen LogP contribution in [0.1, 0.15) is 5.56 Å². The molecule has 0 aliphatic carbocycles. The highest BCUT2D eigenvalue weighted by molar-refractivity contribution is 9.09. The number of likely N-dealkylation sites (tertiary alicyclic amines) is 1. The van der Waals surface area contributed by atoms with E-state index in [1.165, 1.54) is 0 Å². The van der Waals surface area contributed by atoms with E-state index in [9.17, 15) is 24.3 Å². The van der Waals surface area contributed by atoms with E-state index in [0.29, 0.717) is 23.1 Å². The molecule has 15 heteroatoms. The Kier molecular flexibility index (Phi) is 11.8. The van der Waals surface area contributed by atoms with E-state index in [4.69, 9.17) is 49.0 Å². The number of benzene rings is 2. The van der Waals surface area contributed by atoms with Crippen LogP contribution in [0.15, 0.2) is 72.1 Å². The lowest BCUT2D eigenvalue weighted by molar-refractivity contribution is -0.153. The van der Waals surface area contributed by atoms with Crippen LogP contribution in [0.3, 0.4) is 0 Å². The summed E-state index contributed by atoms with van der Waals surface area (Å²) in [5.74, 6) is -2.84. The molecule has 0 saturated carbocycles. The minimum Gasteiger partial charge on any atom is -0.509 e. The monoisotopic (exact) mass is 694 g/mol. The summed E-state index contributed by atoms with van der Waals surface area (Å²) in [6, 6.07) is 16.1. The van der Waals surface area contributed by atoms with Gasteiger partial charge in [-0.25, -0.2) is 9.59 Å². The first-order chi connectivity index (χ1) is 19.0. The van der Waals surface area contributed by atoms with Crippen LogP contribution >= 0.6 is 62.5 Å². The number of alkyl halides is 4. The third kappa shape index (κ3) is 9.20. The quantitative estimate of drug-likeness (QED) is 0.111. The van der Waals surface area contributed by atoms with Crippen molar-refractivity contribution in [3.63, 3.8) is 0 Å². The molecule has 1 heterocycles. The number of aliphatic hydroxyl groups excluding tert-OH is 1. The van der Waals surface area contributed by atoms with E-state index in [0.717, 1.165) is 4.90 Å². The van der Waals surface area contributed by atoms with Crippen molar-refractivity contribution in [3.8, 4) is 5.75 Å². The molecule has 214 valence electrons. The Morgan fingerprint density at radius 2 is 1.65 bits per heavy atom. The maximum Gasteiger partial charge on any atom is 0.369 e.